The van der Waals surface area contributed by atoms with E-state index in [2.05, 4.69) is 27.1 Å². The molecule has 0 aliphatic rings. The van der Waals surface area contributed by atoms with Gasteiger partial charge in [0.05, 0.1) is 5.58 Å². The van der Waals surface area contributed by atoms with Crippen molar-refractivity contribution >= 4 is 22.1 Å². The molecule has 0 bridgehead atoms. The second-order valence-corrected chi connectivity index (χ2v) is 13.2. The molecule has 0 amide bonds. The van der Waals surface area contributed by atoms with Crippen molar-refractivity contribution in [2.75, 3.05) is 0 Å². The minimum atomic E-state index is -2.50. The summed E-state index contributed by atoms with van der Waals surface area (Å²) in [6.45, 7) is -1.59. The van der Waals surface area contributed by atoms with Gasteiger partial charge < -0.3 is 14.4 Å². The summed E-state index contributed by atoms with van der Waals surface area (Å²) < 4.78 is 110. The van der Waals surface area contributed by atoms with E-state index in [-0.39, 0.29) is 53.6 Å². The minimum Gasteiger partial charge on any atom is -0.486 e. The van der Waals surface area contributed by atoms with E-state index in [4.69, 9.17) is 22.2 Å². The molecule has 0 fully saturated rings. The number of nitrogens with zero attached hydrogens (tertiary/aromatic N) is 3. The average molecular weight is 883 g/mol. The standard InChI is InChI=1S/C28H25N2O.C20H18N.Ir/c1-28(2,3)18-20-14-15-29-25(17-20)24-11-7-10-22-23-13-12-21(30-27(23)31-26(22)24)16-19-8-5-4-6-9-19;1-14-8-10-17(11-9-14)20-12-19(16(3)13-21-20)18-7-5-4-6-15(18)2;/h4-10,12-15,17H,16,18H2,1-3H3;4-10,12-13H,1-3H3;/q2*-1;/i16D2,18D2;1D3,2D3,3D3;. The van der Waals surface area contributed by atoms with Crippen LogP contribution in [-0.4, -0.2) is 15.0 Å². The van der Waals surface area contributed by atoms with Crippen LogP contribution in [0.2, 0.25) is 0 Å². The third kappa shape index (κ3) is 8.88. The normalized spacial score (nSPS) is 16.1. The van der Waals surface area contributed by atoms with E-state index < -0.39 is 38.7 Å². The van der Waals surface area contributed by atoms with Crippen LogP contribution in [0.25, 0.3) is 55.7 Å². The number of furan rings is 1. The third-order valence-corrected chi connectivity index (χ3v) is 8.09. The quantitative estimate of drug-likeness (QED) is 0.156. The van der Waals surface area contributed by atoms with E-state index in [1.807, 2.05) is 39.0 Å². The van der Waals surface area contributed by atoms with E-state index in [1.54, 1.807) is 79.0 Å². The zero-order chi connectivity index (χ0) is 47.3. The van der Waals surface area contributed by atoms with Crippen LogP contribution in [0.1, 0.15) is 72.1 Å². The molecule has 0 spiro atoms. The molecule has 53 heavy (non-hydrogen) atoms. The molecule has 0 saturated carbocycles. The molecule has 0 saturated heterocycles. The SMILES string of the molecule is [2H]C([2H])([2H])c1c[c-]c(-c2cc(-c3ccccc3C([2H])([2H])[2H])c(C([2H])([2H])[2H])cn2)cc1.[2H]C([2H])(c1ccccc1)c1ccc2c(n1)oc1c(-c3cc(C([2H])([2H])C(C)(C)C)ccn3)[c-]ccc12.[Ir]. The van der Waals surface area contributed by atoms with Crippen molar-refractivity contribution in [2.45, 2.75) is 54.1 Å². The zero-order valence-corrected chi connectivity index (χ0v) is 31.6. The van der Waals surface area contributed by atoms with Gasteiger partial charge in [0.15, 0.2) is 0 Å². The molecule has 4 nitrogen and oxygen atoms in total. The van der Waals surface area contributed by atoms with Crippen LogP contribution in [0.4, 0.5) is 0 Å². The maximum atomic E-state index is 8.64. The topological polar surface area (TPSA) is 51.8 Å². The predicted octanol–water partition coefficient (Wildman–Crippen LogP) is 12.2. The molecule has 0 unspecified atom stereocenters. The molecular weight excluding hydrogens is 827 g/mol. The molecule has 8 rings (SSSR count). The van der Waals surface area contributed by atoms with Crippen LogP contribution in [0.15, 0.2) is 132 Å². The smallest absolute Gasteiger partial charge is 0.216 e. The van der Waals surface area contributed by atoms with Gasteiger partial charge in [-0.15, -0.1) is 53.6 Å². The molecule has 0 N–H and O–H groups in total. The van der Waals surface area contributed by atoms with Crippen molar-refractivity contribution < 1.29 is 42.3 Å². The Morgan fingerprint density at radius 3 is 2.34 bits per heavy atom. The van der Waals surface area contributed by atoms with Gasteiger partial charge in [-0.25, -0.2) is 4.98 Å². The van der Waals surface area contributed by atoms with Crippen LogP contribution in [0, 0.1) is 38.1 Å². The maximum Gasteiger partial charge on any atom is 0.216 e. The Morgan fingerprint density at radius 2 is 1.57 bits per heavy atom. The molecule has 8 aromatic rings. The number of fused-ring (bicyclic) bond motifs is 3. The Morgan fingerprint density at radius 1 is 0.736 bits per heavy atom. The molecule has 1 radical (unpaired) electrons. The van der Waals surface area contributed by atoms with Gasteiger partial charge in [0.2, 0.25) is 5.71 Å². The molecule has 0 atom stereocenters. The van der Waals surface area contributed by atoms with E-state index in [0.717, 1.165) is 10.8 Å². The minimum absolute atomic E-state index is 0. The van der Waals surface area contributed by atoms with Gasteiger partial charge in [-0.2, -0.15) is 0 Å². The first-order valence-electron chi connectivity index (χ1n) is 23.2. The van der Waals surface area contributed by atoms with Crippen molar-refractivity contribution in [3.8, 4) is 33.6 Å². The zero-order valence-electron chi connectivity index (χ0n) is 42.2. The average Bonchev–Trinajstić information content (AvgIpc) is 3.64. The summed E-state index contributed by atoms with van der Waals surface area (Å²) in [6, 6.07) is 37.7. The Labute approximate surface area is 345 Å². The van der Waals surface area contributed by atoms with E-state index >= 15 is 0 Å². The number of aromatic nitrogens is 3. The first kappa shape index (κ1) is 24.2. The van der Waals surface area contributed by atoms with Crippen molar-refractivity contribution in [2.24, 2.45) is 5.41 Å². The Hall–Kier alpha value is -5.22. The van der Waals surface area contributed by atoms with E-state index in [0.29, 0.717) is 44.9 Å². The Balaban J connectivity index is 0.000000218. The van der Waals surface area contributed by atoms with Gasteiger partial charge in [0.25, 0.3) is 0 Å². The summed E-state index contributed by atoms with van der Waals surface area (Å²) in [5.41, 5.74) is 4.19. The van der Waals surface area contributed by atoms with E-state index in [9.17, 15) is 0 Å². The molecule has 0 aliphatic heterocycles. The van der Waals surface area contributed by atoms with Crippen molar-refractivity contribution in [3.05, 3.63) is 173 Å². The number of benzene rings is 4. The monoisotopic (exact) mass is 883 g/mol. The molecule has 4 heterocycles. The van der Waals surface area contributed by atoms with Crippen LogP contribution in [0.5, 0.6) is 0 Å². The number of hydrogen-bond acceptors (Lipinski definition) is 4. The molecule has 4 aromatic heterocycles. The Bertz CT molecular complexity index is 2990. The fourth-order valence-corrected chi connectivity index (χ4v) is 5.76. The molecule has 5 heteroatoms. The fourth-order valence-electron chi connectivity index (χ4n) is 5.76. The number of pyridine rings is 3. The van der Waals surface area contributed by atoms with Crippen molar-refractivity contribution in [3.63, 3.8) is 0 Å². The van der Waals surface area contributed by atoms with E-state index in [1.165, 1.54) is 30.5 Å². The predicted molar refractivity (Wildman–Crippen MR) is 214 cm³/mol. The number of hydrogen-bond donors (Lipinski definition) is 0. The summed E-state index contributed by atoms with van der Waals surface area (Å²) in [5, 5.41) is 1.59. The van der Waals surface area contributed by atoms with Crippen molar-refractivity contribution in [1.29, 1.82) is 0 Å². The number of aryl methyl sites for hydroxylation is 3. The summed E-state index contributed by atoms with van der Waals surface area (Å²) in [7, 11) is 0. The largest absolute Gasteiger partial charge is 0.486 e. The molecule has 267 valence electrons. The summed E-state index contributed by atoms with van der Waals surface area (Å²) >= 11 is 0. The second-order valence-electron chi connectivity index (χ2n) is 13.2. The van der Waals surface area contributed by atoms with Gasteiger partial charge in [-0.3, -0.25) is 0 Å². The third-order valence-electron chi connectivity index (χ3n) is 8.09. The van der Waals surface area contributed by atoms with Crippen LogP contribution in [-0.2, 0) is 32.9 Å². The molecule has 0 aliphatic carbocycles. The van der Waals surface area contributed by atoms with Crippen LogP contribution in [0.3, 0.4) is 0 Å². The number of rotatable bonds is 6. The first-order valence-corrected chi connectivity index (χ1v) is 16.7. The molecular formula is C48H43IrN3O-2. The fraction of sp³-hybridized carbons (Fsp3) is 0.188. The van der Waals surface area contributed by atoms with Gasteiger partial charge in [0, 0.05) is 67.8 Å². The van der Waals surface area contributed by atoms with Gasteiger partial charge >= 0.3 is 0 Å². The van der Waals surface area contributed by atoms with Gasteiger partial charge in [0.1, 0.15) is 0 Å². The summed E-state index contributed by atoms with van der Waals surface area (Å²) in [4.78, 5) is 13.2. The second kappa shape index (κ2) is 16.2. The molecule has 4 aromatic carbocycles. The van der Waals surface area contributed by atoms with Crippen molar-refractivity contribution in [1.82, 2.24) is 15.0 Å². The Kier molecular flexibility index (Phi) is 7.39. The van der Waals surface area contributed by atoms with Gasteiger partial charge in [-0.1, -0.05) is 111 Å². The van der Waals surface area contributed by atoms with Crippen LogP contribution < -0.4 is 0 Å². The maximum absolute atomic E-state index is 8.64. The summed E-state index contributed by atoms with van der Waals surface area (Å²) in [5.74, 6) is 0. The summed E-state index contributed by atoms with van der Waals surface area (Å²) in [6.07, 6.45) is -0.530. The van der Waals surface area contributed by atoms with Gasteiger partial charge in [-0.05, 0) is 82.9 Å². The first-order chi connectivity index (χ1) is 30.3. The van der Waals surface area contributed by atoms with Crippen LogP contribution >= 0.6 is 0 Å².